The Morgan fingerprint density at radius 1 is 1.33 bits per heavy atom. The van der Waals surface area contributed by atoms with Gasteiger partial charge in [-0.05, 0) is 18.2 Å². The molecular formula is C10H12Cl2N2O3S. The van der Waals surface area contributed by atoms with E-state index in [0.29, 0.717) is 0 Å². The SMILES string of the molecule is CNC(=O)CN(C)S(=O)(=O)c1ccc(Cl)c(Cl)c1. The maximum absolute atomic E-state index is 12.1. The Morgan fingerprint density at radius 2 is 1.94 bits per heavy atom. The van der Waals surface area contributed by atoms with Gasteiger partial charge in [0.1, 0.15) is 0 Å². The number of likely N-dealkylation sites (N-methyl/N-ethyl adjacent to an activating group) is 2. The summed E-state index contributed by atoms with van der Waals surface area (Å²) in [5.41, 5.74) is 0. The number of rotatable bonds is 4. The van der Waals surface area contributed by atoms with Crippen molar-refractivity contribution in [2.24, 2.45) is 0 Å². The van der Waals surface area contributed by atoms with Crippen molar-refractivity contribution < 1.29 is 13.2 Å². The van der Waals surface area contributed by atoms with E-state index in [1.807, 2.05) is 0 Å². The third kappa shape index (κ3) is 3.35. The molecule has 0 radical (unpaired) electrons. The summed E-state index contributed by atoms with van der Waals surface area (Å²) >= 11 is 11.5. The molecule has 8 heteroatoms. The first-order valence-electron chi connectivity index (χ1n) is 4.91. The molecule has 0 heterocycles. The van der Waals surface area contributed by atoms with Crippen molar-refractivity contribution in [1.29, 1.82) is 0 Å². The number of hydrogen-bond acceptors (Lipinski definition) is 3. The van der Waals surface area contributed by atoms with Crippen LogP contribution in [0.4, 0.5) is 0 Å². The predicted molar refractivity (Wildman–Crippen MR) is 70.3 cm³/mol. The van der Waals surface area contributed by atoms with Gasteiger partial charge < -0.3 is 5.32 Å². The Bertz CT molecular complexity index is 560. The smallest absolute Gasteiger partial charge is 0.243 e. The molecule has 0 fully saturated rings. The molecule has 0 saturated heterocycles. The quantitative estimate of drug-likeness (QED) is 0.913. The van der Waals surface area contributed by atoms with Gasteiger partial charge >= 0.3 is 0 Å². The molecule has 1 rings (SSSR count). The van der Waals surface area contributed by atoms with Crippen LogP contribution < -0.4 is 5.32 Å². The second kappa shape index (κ2) is 5.88. The third-order valence-electron chi connectivity index (χ3n) is 2.24. The number of amides is 1. The highest BCUT2D eigenvalue weighted by molar-refractivity contribution is 7.89. The zero-order valence-electron chi connectivity index (χ0n) is 9.78. The van der Waals surface area contributed by atoms with E-state index < -0.39 is 15.9 Å². The molecule has 0 saturated carbocycles. The minimum atomic E-state index is -3.75. The van der Waals surface area contributed by atoms with Gasteiger partial charge in [-0.2, -0.15) is 4.31 Å². The molecule has 0 aliphatic heterocycles. The fraction of sp³-hybridized carbons (Fsp3) is 0.300. The van der Waals surface area contributed by atoms with Crippen LogP contribution in [-0.2, 0) is 14.8 Å². The molecule has 0 aromatic heterocycles. The van der Waals surface area contributed by atoms with Crippen molar-refractivity contribution in [2.75, 3.05) is 20.6 Å². The fourth-order valence-electron chi connectivity index (χ4n) is 1.18. The maximum Gasteiger partial charge on any atom is 0.243 e. The Hall–Kier alpha value is -0.820. The van der Waals surface area contributed by atoms with Gasteiger partial charge in [-0.15, -0.1) is 0 Å². The molecule has 0 spiro atoms. The number of carbonyl (C=O) groups is 1. The van der Waals surface area contributed by atoms with Gasteiger partial charge in [0.05, 0.1) is 21.5 Å². The van der Waals surface area contributed by atoms with Crippen LogP contribution in [0.5, 0.6) is 0 Å². The van der Waals surface area contributed by atoms with E-state index in [1.165, 1.54) is 32.3 Å². The van der Waals surface area contributed by atoms with Gasteiger partial charge in [0.25, 0.3) is 0 Å². The minimum absolute atomic E-state index is 0.0108. The topological polar surface area (TPSA) is 66.5 Å². The van der Waals surface area contributed by atoms with Gasteiger partial charge in [0.2, 0.25) is 15.9 Å². The highest BCUT2D eigenvalue weighted by Crippen LogP contribution is 2.26. The summed E-state index contributed by atoms with van der Waals surface area (Å²) in [6, 6.07) is 3.98. The van der Waals surface area contributed by atoms with Gasteiger partial charge in [-0.3, -0.25) is 4.79 Å². The van der Waals surface area contributed by atoms with Gasteiger partial charge in [-0.1, -0.05) is 23.2 Å². The Kier molecular flexibility index (Phi) is 4.98. The van der Waals surface area contributed by atoms with E-state index >= 15 is 0 Å². The lowest BCUT2D eigenvalue weighted by atomic mass is 10.4. The van der Waals surface area contributed by atoms with Crippen LogP contribution in [0.2, 0.25) is 10.0 Å². The van der Waals surface area contributed by atoms with Crippen molar-refractivity contribution in [3.8, 4) is 0 Å². The number of nitrogens with one attached hydrogen (secondary N) is 1. The lowest BCUT2D eigenvalue weighted by Gasteiger charge is -2.16. The van der Waals surface area contributed by atoms with E-state index in [4.69, 9.17) is 23.2 Å². The van der Waals surface area contributed by atoms with Gasteiger partial charge in [0.15, 0.2) is 0 Å². The second-order valence-electron chi connectivity index (χ2n) is 3.51. The lowest BCUT2D eigenvalue weighted by Crippen LogP contribution is -2.36. The number of hydrogen-bond donors (Lipinski definition) is 1. The van der Waals surface area contributed by atoms with Crippen LogP contribution in [-0.4, -0.2) is 39.3 Å². The van der Waals surface area contributed by atoms with E-state index in [2.05, 4.69) is 5.32 Å². The number of halogens is 2. The first kappa shape index (κ1) is 15.2. The van der Waals surface area contributed by atoms with Crippen LogP contribution in [0, 0.1) is 0 Å². The summed E-state index contributed by atoms with van der Waals surface area (Å²) in [5, 5.41) is 2.76. The Morgan fingerprint density at radius 3 is 2.44 bits per heavy atom. The van der Waals surface area contributed by atoms with Crippen LogP contribution in [0.15, 0.2) is 23.1 Å². The molecule has 1 amide bonds. The number of carbonyl (C=O) groups excluding carboxylic acids is 1. The maximum atomic E-state index is 12.1. The number of sulfonamides is 1. The number of benzene rings is 1. The summed E-state index contributed by atoms with van der Waals surface area (Å²) < 4.78 is 25.1. The summed E-state index contributed by atoms with van der Waals surface area (Å²) in [6.45, 7) is -0.265. The minimum Gasteiger partial charge on any atom is -0.358 e. The molecule has 1 aromatic rings. The van der Waals surface area contributed by atoms with Crippen LogP contribution in [0.3, 0.4) is 0 Å². The molecule has 5 nitrogen and oxygen atoms in total. The largest absolute Gasteiger partial charge is 0.358 e. The highest BCUT2D eigenvalue weighted by Gasteiger charge is 2.23. The molecular weight excluding hydrogens is 299 g/mol. The molecule has 0 unspecified atom stereocenters. The van der Waals surface area contributed by atoms with Gasteiger partial charge in [-0.25, -0.2) is 8.42 Å². The summed E-state index contributed by atoms with van der Waals surface area (Å²) in [6.07, 6.45) is 0. The monoisotopic (exact) mass is 310 g/mol. The first-order valence-corrected chi connectivity index (χ1v) is 7.10. The van der Waals surface area contributed by atoms with E-state index in [1.54, 1.807) is 0 Å². The molecule has 0 atom stereocenters. The van der Waals surface area contributed by atoms with Crippen molar-refractivity contribution >= 4 is 39.1 Å². The summed E-state index contributed by atoms with van der Waals surface area (Å²) in [7, 11) is -1.01. The summed E-state index contributed by atoms with van der Waals surface area (Å²) in [4.78, 5) is 11.1. The Labute approximate surface area is 116 Å². The van der Waals surface area contributed by atoms with E-state index in [9.17, 15) is 13.2 Å². The summed E-state index contributed by atoms with van der Waals surface area (Å²) in [5.74, 6) is -0.402. The van der Waals surface area contributed by atoms with E-state index in [-0.39, 0.29) is 21.5 Å². The normalized spacial score (nSPS) is 11.6. The first-order chi connectivity index (χ1) is 8.28. The zero-order chi connectivity index (χ0) is 13.9. The fourth-order valence-corrected chi connectivity index (χ4v) is 2.70. The van der Waals surface area contributed by atoms with Crippen LogP contribution in [0.1, 0.15) is 0 Å². The second-order valence-corrected chi connectivity index (χ2v) is 6.37. The Balaban J connectivity index is 3.05. The van der Waals surface area contributed by atoms with Crippen molar-refractivity contribution in [3.63, 3.8) is 0 Å². The predicted octanol–water partition coefficient (Wildman–Crippen LogP) is 1.36. The molecule has 0 bridgehead atoms. The van der Waals surface area contributed by atoms with Crippen molar-refractivity contribution in [1.82, 2.24) is 9.62 Å². The molecule has 18 heavy (non-hydrogen) atoms. The molecule has 1 N–H and O–H groups in total. The van der Waals surface area contributed by atoms with E-state index in [0.717, 1.165) is 4.31 Å². The molecule has 0 aliphatic rings. The molecule has 1 aromatic carbocycles. The number of nitrogens with zero attached hydrogens (tertiary/aromatic N) is 1. The van der Waals surface area contributed by atoms with Crippen LogP contribution in [0.25, 0.3) is 0 Å². The zero-order valence-corrected chi connectivity index (χ0v) is 12.1. The highest BCUT2D eigenvalue weighted by atomic mass is 35.5. The average Bonchev–Trinajstić information content (AvgIpc) is 2.32. The standard InChI is InChI=1S/C10H12Cl2N2O3S/c1-13-10(15)6-14(2)18(16,17)7-3-4-8(11)9(12)5-7/h3-5H,6H2,1-2H3,(H,13,15). The van der Waals surface area contributed by atoms with Crippen molar-refractivity contribution in [2.45, 2.75) is 4.90 Å². The third-order valence-corrected chi connectivity index (χ3v) is 4.78. The average molecular weight is 311 g/mol. The molecule has 100 valence electrons. The van der Waals surface area contributed by atoms with Crippen molar-refractivity contribution in [3.05, 3.63) is 28.2 Å². The van der Waals surface area contributed by atoms with Crippen LogP contribution >= 0.6 is 23.2 Å². The lowest BCUT2D eigenvalue weighted by molar-refractivity contribution is -0.120. The molecule has 0 aliphatic carbocycles. The van der Waals surface area contributed by atoms with Gasteiger partial charge in [0, 0.05) is 14.1 Å².